The van der Waals surface area contributed by atoms with Crippen LogP contribution in [0.15, 0.2) is 60.7 Å². The van der Waals surface area contributed by atoms with Gasteiger partial charge in [0, 0.05) is 18.2 Å². The summed E-state index contributed by atoms with van der Waals surface area (Å²) in [6.45, 7) is 1.79. The fraction of sp³-hybridized carbons (Fsp3) is 0.222. The van der Waals surface area contributed by atoms with Crippen molar-refractivity contribution in [1.82, 2.24) is 10.6 Å². The van der Waals surface area contributed by atoms with Crippen LogP contribution in [0.25, 0.3) is 0 Å². The zero-order valence-corrected chi connectivity index (χ0v) is 13.3. The molecule has 2 rings (SSSR count). The first-order valence-corrected chi connectivity index (χ1v) is 7.59. The highest BCUT2D eigenvalue weighted by Gasteiger charge is 2.25. The second-order valence-corrected chi connectivity index (χ2v) is 5.35. The van der Waals surface area contributed by atoms with Crippen LogP contribution in [-0.2, 0) is 4.79 Å². The Labute approximate surface area is 136 Å². The lowest BCUT2D eigenvalue weighted by Crippen LogP contribution is -2.93. The van der Waals surface area contributed by atoms with Gasteiger partial charge in [-0.3, -0.25) is 10.1 Å². The summed E-state index contributed by atoms with van der Waals surface area (Å²) in [5, 5.41) is 6.66. The number of nitrogens with two attached hydrogens (primary N) is 1. The monoisotopic (exact) mass is 312 g/mol. The SMILES string of the molecule is CNC(=O)NC(=O)[C@H](C)[NH2+]C(c1ccccc1)c1ccccc1. The molecule has 2 aromatic rings. The number of rotatable bonds is 5. The van der Waals surface area contributed by atoms with Gasteiger partial charge in [0.1, 0.15) is 6.04 Å². The van der Waals surface area contributed by atoms with E-state index in [4.69, 9.17) is 0 Å². The van der Waals surface area contributed by atoms with E-state index in [0.717, 1.165) is 11.1 Å². The second-order valence-electron chi connectivity index (χ2n) is 5.35. The van der Waals surface area contributed by atoms with Crippen molar-refractivity contribution >= 4 is 11.9 Å². The van der Waals surface area contributed by atoms with E-state index in [-0.39, 0.29) is 11.9 Å². The van der Waals surface area contributed by atoms with Gasteiger partial charge < -0.3 is 10.6 Å². The molecule has 120 valence electrons. The van der Waals surface area contributed by atoms with Crippen molar-refractivity contribution in [1.29, 1.82) is 0 Å². The summed E-state index contributed by atoms with van der Waals surface area (Å²) in [6, 6.07) is 19.1. The first kappa shape index (κ1) is 16.7. The number of carbonyl (C=O) groups is 2. The van der Waals surface area contributed by atoms with Gasteiger partial charge in [-0.2, -0.15) is 0 Å². The minimum Gasteiger partial charge on any atom is -0.341 e. The van der Waals surface area contributed by atoms with Gasteiger partial charge in [0.2, 0.25) is 0 Å². The summed E-state index contributed by atoms with van der Waals surface area (Å²) in [4.78, 5) is 23.4. The summed E-state index contributed by atoms with van der Waals surface area (Å²) in [5.74, 6) is -0.318. The number of amides is 3. The van der Waals surface area contributed by atoms with Crippen LogP contribution in [-0.4, -0.2) is 25.0 Å². The number of imide groups is 1. The Morgan fingerprint density at radius 3 is 1.83 bits per heavy atom. The Morgan fingerprint density at radius 1 is 0.913 bits per heavy atom. The maximum atomic E-state index is 12.1. The highest BCUT2D eigenvalue weighted by Crippen LogP contribution is 2.17. The summed E-state index contributed by atoms with van der Waals surface area (Å²) in [6.07, 6.45) is 0. The average Bonchev–Trinajstić information content (AvgIpc) is 2.60. The normalized spacial score (nSPS) is 11.8. The van der Waals surface area contributed by atoms with Gasteiger partial charge in [-0.25, -0.2) is 4.79 Å². The lowest BCUT2D eigenvalue weighted by Gasteiger charge is -2.20. The Balaban J connectivity index is 2.19. The van der Waals surface area contributed by atoms with Crippen molar-refractivity contribution in [2.75, 3.05) is 7.05 Å². The van der Waals surface area contributed by atoms with Crippen LogP contribution < -0.4 is 16.0 Å². The average molecular weight is 312 g/mol. The van der Waals surface area contributed by atoms with Crippen LogP contribution in [0, 0.1) is 0 Å². The molecule has 0 radical (unpaired) electrons. The van der Waals surface area contributed by atoms with Gasteiger partial charge in [-0.1, -0.05) is 60.7 Å². The van der Waals surface area contributed by atoms with Crippen molar-refractivity contribution < 1.29 is 14.9 Å². The Morgan fingerprint density at radius 2 is 1.39 bits per heavy atom. The minimum atomic E-state index is -0.494. The molecule has 1 atom stereocenters. The number of hydrogen-bond acceptors (Lipinski definition) is 2. The molecule has 0 spiro atoms. The van der Waals surface area contributed by atoms with Crippen LogP contribution in [0.4, 0.5) is 4.79 Å². The summed E-state index contributed by atoms with van der Waals surface area (Å²) >= 11 is 0. The number of hydrogen-bond donors (Lipinski definition) is 3. The Hall–Kier alpha value is -2.66. The number of benzene rings is 2. The predicted octanol–water partition coefficient (Wildman–Crippen LogP) is 1.18. The number of urea groups is 1. The molecule has 0 unspecified atom stereocenters. The maximum absolute atomic E-state index is 12.1. The molecule has 2 aromatic carbocycles. The number of carbonyl (C=O) groups excluding carboxylic acids is 2. The van der Waals surface area contributed by atoms with Crippen LogP contribution >= 0.6 is 0 Å². The van der Waals surface area contributed by atoms with Gasteiger partial charge >= 0.3 is 6.03 Å². The first-order valence-electron chi connectivity index (χ1n) is 7.59. The predicted molar refractivity (Wildman–Crippen MR) is 88.7 cm³/mol. The summed E-state index contributed by atoms with van der Waals surface area (Å²) < 4.78 is 0. The Kier molecular flexibility index (Phi) is 5.88. The molecule has 0 saturated carbocycles. The van der Waals surface area contributed by atoms with E-state index < -0.39 is 12.1 Å². The van der Waals surface area contributed by atoms with Gasteiger partial charge in [0.15, 0.2) is 6.04 Å². The van der Waals surface area contributed by atoms with Crippen LogP contribution in [0.2, 0.25) is 0 Å². The molecule has 0 saturated heterocycles. The van der Waals surface area contributed by atoms with Crippen molar-refractivity contribution in [3.05, 3.63) is 71.8 Å². The summed E-state index contributed by atoms with van der Waals surface area (Å²) in [7, 11) is 1.48. The van der Waals surface area contributed by atoms with Gasteiger partial charge in [0.25, 0.3) is 5.91 Å². The van der Waals surface area contributed by atoms with Crippen LogP contribution in [0.1, 0.15) is 24.1 Å². The lowest BCUT2D eigenvalue weighted by molar-refractivity contribution is -0.704. The molecule has 0 aliphatic heterocycles. The Bertz CT molecular complexity index is 604. The fourth-order valence-electron chi connectivity index (χ4n) is 2.40. The molecule has 0 heterocycles. The molecule has 5 nitrogen and oxygen atoms in total. The number of nitrogens with one attached hydrogen (secondary N) is 2. The topological polar surface area (TPSA) is 74.8 Å². The molecule has 3 amide bonds. The highest BCUT2D eigenvalue weighted by atomic mass is 16.2. The number of quaternary nitrogens is 1. The highest BCUT2D eigenvalue weighted by molar-refractivity contribution is 5.95. The molecule has 5 heteroatoms. The van der Waals surface area contributed by atoms with Gasteiger partial charge in [-0.15, -0.1) is 0 Å². The van der Waals surface area contributed by atoms with Crippen molar-refractivity contribution in [3.63, 3.8) is 0 Å². The van der Waals surface area contributed by atoms with E-state index in [2.05, 4.69) is 10.6 Å². The van der Waals surface area contributed by atoms with Gasteiger partial charge in [0.05, 0.1) is 0 Å². The quantitative estimate of drug-likeness (QED) is 0.775. The second kappa shape index (κ2) is 8.10. The third-order valence-electron chi connectivity index (χ3n) is 3.68. The summed E-state index contributed by atoms with van der Waals surface area (Å²) in [5.41, 5.74) is 2.22. The lowest BCUT2D eigenvalue weighted by atomic mass is 9.98. The first-order chi connectivity index (χ1) is 11.1. The van der Waals surface area contributed by atoms with Gasteiger partial charge in [-0.05, 0) is 6.92 Å². The third kappa shape index (κ3) is 4.66. The molecule has 0 aliphatic rings. The van der Waals surface area contributed by atoms with Crippen molar-refractivity contribution in [2.24, 2.45) is 0 Å². The molecular formula is C18H22N3O2+. The standard InChI is InChI=1S/C18H21N3O2/c1-13(17(22)21-18(23)19-2)20-16(14-9-5-3-6-10-14)15-11-7-4-8-12-15/h3-13,16,20H,1-2H3,(H2,19,21,22,23)/p+1/t13-/m0/s1. The largest absolute Gasteiger partial charge is 0.341 e. The van der Waals surface area contributed by atoms with E-state index in [1.54, 1.807) is 6.92 Å². The maximum Gasteiger partial charge on any atom is 0.321 e. The van der Waals surface area contributed by atoms with E-state index in [1.165, 1.54) is 7.05 Å². The molecule has 0 fully saturated rings. The fourth-order valence-corrected chi connectivity index (χ4v) is 2.40. The van der Waals surface area contributed by atoms with Crippen LogP contribution in [0.5, 0.6) is 0 Å². The van der Waals surface area contributed by atoms with Crippen molar-refractivity contribution in [2.45, 2.75) is 19.0 Å². The smallest absolute Gasteiger partial charge is 0.321 e. The molecule has 0 aromatic heterocycles. The molecule has 0 bridgehead atoms. The zero-order chi connectivity index (χ0) is 16.7. The van der Waals surface area contributed by atoms with E-state index >= 15 is 0 Å². The molecule has 23 heavy (non-hydrogen) atoms. The van der Waals surface area contributed by atoms with Crippen LogP contribution in [0.3, 0.4) is 0 Å². The zero-order valence-electron chi connectivity index (χ0n) is 13.3. The van der Waals surface area contributed by atoms with E-state index in [9.17, 15) is 9.59 Å². The molecule has 4 N–H and O–H groups in total. The molecular weight excluding hydrogens is 290 g/mol. The van der Waals surface area contributed by atoms with E-state index in [1.807, 2.05) is 66.0 Å². The molecule has 0 aliphatic carbocycles. The third-order valence-corrected chi connectivity index (χ3v) is 3.68. The van der Waals surface area contributed by atoms with E-state index in [0.29, 0.717) is 0 Å². The van der Waals surface area contributed by atoms with Crippen molar-refractivity contribution in [3.8, 4) is 0 Å². The minimum absolute atomic E-state index is 0.0113.